The van der Waals surface area contributed by atoms with Gasteiger partial charge in [0.05, 0.1) is 5.60 Å². The van der Waals surface area contributed by atoms with Crippen LogP contribution in [-0.2, 0) is 5.60 Å². The topological polar surface area (TPSA) is 32.3 Å². The molecule has 0 saturated heterocycles. The first-order valence-corrected chi connectivity index (χ1v) is 5.35. The van der Waals surface area contributed by atoms with Gasteiger partial charge in [0.1, 0.15) is 11.6 Å². The Balaban J connectivity index is 2.80. The van der Waals surface area contributed by atoms with Crippen molar-refractivity contribution in [1.82, 2.24) is 5.32 Å². The van der Waals surface area contributed by atoms with Crippen molar-refractivity contribution in [3.8, 4) is 0 Å². The minimum Gasteiger partial charge on any atom is -0.385 e. The molecule has 0 bridgehead atoms. The Morgan fingerprint density at radius 3 is 2.31 bits per heavy atom. The maximum atomic E-state index is 13.0. The second kappa shape index (κ2) is 5.37. The van der Waals surface area contributed by atoms with E-state index < -0.39 is 17.2 Å². The summed E-state index contributed by atoms with van der Waals surface area (Å²) in [4.78, 5) is 0. The number of aliphatic hydroxyl groups is 1. The second-order valence-corrected chi connectivity index (χ2v) is 4.04. The number of benzene rings is 1. The molecule has 4 heteroatoms. The number of nitrogens with one attached hydrogen (secondary N) is 1. The third kappa shape index (κ3) is 3.54. The van der Waals surface area contributed by atoms with Gasteiger partial charge in [-0.15, -0.1) is 0 Å². The second-order valence-electron chi connectivity index (χ2n) is 4.04. The zero-order chi connectivity index (χ0) is 12.2. The molecule has 1 aromatic carbocycles. The van der Waals surface area contributed by atoms with E-state index >= 15 is 0 Å². The van der Waals surface area contributed by atoms with Crippen LogP contribution in [0, 0.1) is 11.6 Å². The highest BCUT2D eigenvalue weighted by atomic mass is 19.1. The Bertz CT molecular complexity index is 333. The minimum absolute atomic E-state index is 0.267. The fraction of sp³-hybridized carbons (Fsp3) is 0.500. The van der Waals surface area contributed by atoms with Gasteiger partial charge >= 0.3 is 0 Å². The predicted molar refractivity (Wildman–Crippen MR) is 59.1 cm³/mol. The molecule has 0 spiro atoms. The summed E-state index contributed by atoms with van der Waals surface area (Å²) in [5.41, 5.74) is -0.951. The molecule has 0 aliphatic rings. The van der Waals surface area contributed by atoms with Crippen molar-refractivity contribution >= 4 is 0 Å². The van der Waals surface area contributed by atoms with Gasteiger partial charge in [0.15, 0.2) is 0 Å². The van der Waals surface area contributed by atoms with Gasteiger partial charge in [-0.2, -0.15) is 0 Å². The summed E-state index contributed by atoms with van der Waals surface area (Å²) in [6.07, 6.45) is 0.406. The maximum Gasteiger partial charge on any atom is 0.126 e. The molecular formula is C12H17F2NO. The lowest BCUT2D eigenvalue weighted by Crippen LogP contribution is -2.28. The lowest BCUT2D eigenvalue weighted by Gasteiger charge is -2.24. The van der Waals surface area contributed by atoms with Crippen LogP contribution in [0.25, 0.3) is 0 Å². The van der Waals surface area contributed by atoms with Gasteiger partial charge in [0.25, 0.3) is 0 Å². The van der Waals surface area contributed by atoms with Gasteiger partial charge in [-0.05, 0) is 44.1 Å². The van der Waals surface area contributed by atoms with Crippen molar-refractivity contribution in [3.63, 3.8) is 0 Å². The van der Waals surface area contributed by atoms with E-state index in [1.54, 1.807) is 6.92 Å². The molecule has 0 saturated carbocycles. The molecule has 0 heterocycles. The highest BCUT2D eigenvalue weighted by Gasteiger charge is 2.23. The SMILES string of the molecule is CCNCCC(C)(O)c1cc(F)cc(F)c1. The van der Waals surface area contributed by atoms with Gasteiger partial charge in [0.2, 0.25) is 0 Å². The maximum absolute atomic E-state index is 13.0. The molecule has 2 nitrogen and oxygen atoms in total. The van der Waals surface area contributed by atoms with Crippen molar-refractivity contribution < 1.29 is 13.9 Å². The Labute approximate surface area is 94.3 Å². The zero-order valence-corrected chi connectivity index (χ0v) is 9.56. The summed E-state index contributed by atoms with van der Waals surface area (Å²) < 4.78 is 26.0. The number of halogens is 2. The summed E-state index contributed by atoms with van der Waals surface area (Å²) in [5, 5.41) is 13.1. The van der Waals surface area contributed by atoms with E-state index in [9.17, 15) is 13.9 Å². The minimum atomic E-state index is -1.22. The van der Waals surface area contributed by atoms with E-state index in [1.165, 1.54) is 0 Å². The van der Waals surface area contributed by atoms with Crippen LogP contribution in [0.3, 0.4) is 0 Å². The van der Waals surface area contributed by atoms with E-state index in [4.69, 9.17) is 0 Å². The van der Waals surface area contributed by atoms with Crippen LogP contribution in [-0.4, -0.2) is 18.2 Å². The van der Waals surface area contributed by atoms with Crippen molar-refractivity contribution in [2.24, 2.45) is 0 Å². The highest BCUT2D eigenvalue weighted by molar-refractivity contribution is 5.23. The average molecular weight is 229 g/mol. The summed E-state index contributed by atoms with van der Waals surface area (Å²) in [5.74, 6) is -1.34. The molecule has 1 aromatic rings. The standard InChI is InChI=1S/C12H17F2NO/c1-3-15-5-4-12(2,16)9-6-10(13)8-11(14)7-9/h6-8,15-16H,3-5H2,1-2H3. The first-order valence-electron chi connectivity index (χ1n) is 5.35. The molecule has 1 atom stereocenters. The summed E-state index contributed by atoms with van der Waals surface area (Å²) >= 11 is 0. The molecule has 1 rings (SSSR count). The molecular weight excluding hydrogens is 212 g/mol. The summed E-state index contributed by atoms with van der Waals surface area (Å²) in [6, 6.07) is 3.12. The van der Waals surface area contributed by atoms with Crippen molar-refractivity contribution in [2.75, 3.05) is 13.1 Å². The average Bonchev–Trinajstić information content (AvgIpc) is 2.16. The van der Waals surface area contributed by atoms with Crippen LogP contribution in [0.5, 0.6) is 0 Å². The van der Waals surface area contributed by atoms with E-state index in [0.717, 1.165) is 24.7 Å². The predicted octanol–water partition coefficient (Wildman–Crippen LogP) is 2.17. The van der Waals surface area contributed by atoms with E-state index in [2.05, 4.69) is 5.32 Å². The van der Waals surface area contributed by atoms with Gasteiger partial charge in [-0.25, -0.2) is 8.78 Å². The lowest BCUT2D eigenvalue weighted by molar-refractivity contribution is 0.0475. The van der Waals surface area contributed by atoms with Crippen LogP contribution in [0.2, 0.25) is 0 Å². The Morgan fingerprint density at radius 1 is 1.25 bits per heavy atom. The number of hydrogen-bond acceptors (Lipinski definition) is 2. The van der Waals surface area contributed by atoms with Gasteiger partial charge in [-0.1, -0.05) is 6.92 Å². The molecule has 0 aliphatic heterocycles. The monoisotopic (exact) mass is 229 g/mol. The molecule has 0 amide bonds. The van der Waals surface area contributed by atoms with E-state index in [-0.39, 0.29) is 5.56 Å². The van der Waals surface area contributed by atoms with Crippen molar-refractivity contribution in [3.05, 3.63) is 35.4 Å². The zero-order valence-electron chi connectivity index (χ0n) is 9.56. The Morgan fingerprint density at radius 2 is 1.81 bits per heavy atom. The van der Waals surface area contributed by atoms with Crippen LogP contribution in [0.4, 0.5) is 8.78 Å². The van der Waals surface area contributed by atoms with Gasteiger partial charge in [-0.3, -0.25) is 0 Å². The molecule has 0 aliphatic carbocycles. The van der Waals surface area contributed by atoms with E-state index in [0.29, 0.717) is 13.0 Å². The largest absolute Gasteiger partial charge is 0.385 e. The molecule has 90 valence electrons. The third-order valence-corrected chi connectivity index (χ3v) is 2.52. The first kappa shape index (κ1) is 13.1. The Kier molecular flexibility index (Phi) is 4.38. The Hall–Kier alpha value is -1.00. The first-order chi connectivity index (χ1) is 7.45. The van der Waals surface area contributed by atoms with Crippen LogP contribution >= 0.6 is 0 Å². The molecule has 0 fully saturated rings. The lowest BCUT2D eigenvalue weighted by atomic mass is 9.92. The van der Waals surface area contributed by atoms with Crippen molar-refractivity contribution in [1.29, 1.82) is 0 Å². The normalized spacial score (nSPS) is 14.8. The summed E-state index contributed by atoms with van der Waals surface area (Å²) in [6.45, 7) is 4.91. The molecule has 0 aromatic heterocycles. The number of rotatable bonds is 5. The molecule has 2 N–H and O–H groups in total. The fourth-order valence-electron chi connectivity index (χ4n) is 1.52. The molecule has 0 radical (unpaired) electrons. The fourth-order valence-corrected chi connectivity index (χ4v) is 1.52. The van der Waals surface area contributed by atoms with Crippen LogP contribution < -0.4 is 5.32 Å². The number of hydrogen-bond donors (Lipinski definition) is 2. The highest BCUT2D eigenvalue weighted by Crippen LogP contribution is 2.25. The van der Waals surface area contributed by atoms with Crippen LogP contribution in [0.1, 0.15) is 25.8 Å². The van der Waals surface area contributed by atoms with Crippen LogP contribution in [0.15, 0.2) is 18.2 Å². The van der Waals surface area contributed by atoms with Gasteiger partial charge < -0.3 is 10.4 Å². The quantitative estimate of drug-likeness (QED) is 0.758. The van der Waals surface area contributed by atoms with Gasteiger partial charge in [0, 0.05) is 6.07 Å². The smallest absolute Gasteiger partial charge is 0.126 e. The summed E-state index contributed by atoms with van der Waals surface area (Å²) in [7, 11) is 0. The molecule has 1 unspecified atom stereocenters. The van der Waals surface area contributed by atoms with E-state index in [1.807, 2.05) is 6.92 Å². The van der Waals surface area contributed by atoms with Crippen molar-refractivity contribution in [2.45, 2.75) is 25.9 Å². The third-order valence-electron chi connectivity index (χ3n) is 2.52. The molecule has 16 heavy (non-hydrogen) atoms.